The van der Waals surface area contributed by atoms with E-state index in [2.05, 4.69) is 24.4 Å². The zero-order chi connectivity index (χ0) is 14.5. The number of hydrogen-bond acceptors (Lipinski definition) is 3. The van der Waals surface area contributed by atoms with Crippen LogP contribution < -0.4 is 5.32 Å². The molecule has 1 aliphatic rings. The number of rotatable bonds is 6. The van der Waals surface area contributed by atoms with Crippen LogP contribution in [0.3, 0.4) is 0 Å². The lowest BCUT2D eigenvalue weighted by molar-refractivity contribution is -0.138. The molecule has 20 heavy (non-hydrogen) atoms. The number of anilines is 1. The molecule has 0 aromatic heterocycles. The van der Waals surface area contributed by atoms with Crippen molar-refractivity contribution in [1.29, 1.82) is 0 Å². The minimum Gasteiger partial charge on any atom is -0.373 e. The number of hydrogen-bond donors (Lipinski definition) is 1. The number of nitrogens with one attached hydrogen (secondary N) is 1. The minimum atomic E-state index is -0.411. The van der Waals surface area contributed by atoms with Crippen molar-refractivity contribution in [3.8, 4) is 0 Å². The fraction of sp³-hybridized carbons (Fsp3) is 0.500. The quantitative estimate of drug-likeness (QED) is 0.811. The minimum absolute atomic E-state index is 0.0723. The average Bonchev–Trinajstić information content (AvgIpc) is 2.69. The molecule has 1 fully saturated rings. The summed E-state index contributed by atoms with van der Waals surface area (Å²) in [6.07, 6.45) is 3.24. The van der Waals surface area contributed by atoms with Crippen LogP contribution in [0.15, 0.2) is 24.3 Å². The van der Waals surface area contributed by atoms with Gasteiger partial charge >= 0.3 is 0 Å². The first-order valence-electron chi connectivity index (χ1n) is 7.35. The van der Waals surface area contributed by atoms with Crippen LogP contribution in [0.5, 0.6) is 0 Å². The highest BCUT2D eigenvalue weighted by Crippen LogP contribution is 2.19. The molecule has 108 valence electrons. The van der Waals surface area contributed by atoms with E-state index in [1.807, 2.05) is 19.1 Å². The van der Waals surface area contributed by atoms with E-state index in [9.17, 15) is 9.59 Å². The van der Waals surface area contributed by atoms with Crippen molar-refractivity contribution in [3.05, 3.63) is 29.8 Å². The van der Waals surface area contributed by atoms with Gasteiger partial charge in [-0.1, -0.05) is 32.4 Å². The van der Waals surface area contributed by atoms with E-state index in [1.165, 1.54) is 10.5 Å². The Hall–Kier alpha value is -1.84. The van der Waals surface area contributed by atoms with Crippen molar-refractivity contribution in [2.75, 3.05) is 11.9 Å². The summed E-state index contributed by atoms with van der Waals surface area (Å²) in [5.74, 6) is -0.175. The van der Waals surface area contributed by atoms with Crippen LogP contribution in [0.1, 0.15) is 38.7 Å². The van der Waals surface area contributed by atoms with Gasteiger partial charge in [0.25, 0.3) is 5.91 Å². The summed E-state index contributed by atoms with van der Waals surface area (Å²) in [4.78, 5) is 25.3. The van der Waals surface area contributed by atoms with Crippen molar-refractivity contribution >= 4 is 17.5 Å². The van der Waals surface area contributed by atoms with Gasteiger partial charge in [0.05, 0.1) is 6.42 Å². The van der Waals surface area contributed by atoms with Gasteiger partial charge in [-0.3, -0.25) is 14.5 Å². The van der Waals surface area contributed by atoms with Crippen LogP contribution in [0.2, 0.25) is 0 Å². The first kappa shape index (κ1) is 14.6. The molecule has 1 N–H and O–H groups in total. The molecule has 2 amide bonds. The highest BCUT2D eigenvalue weighted by Gasteiger charge is 2.37. The first-order chi connectivity index (χ1) is 9.65. The summed E-state index contributed by atoms with van der Waals surface area (Å²) < 4.78 is 0. The summed E-state index contributed by atoms with van der Waals surface area (Å²) in [6.45, 7) is 4.64. The number of imide groups is 1. The Bertz CT molecular complexity index is 482. The van der Waals surface area contributed by atoms with Crippen LogP contribution >= 0.6 is 0 Å². The van der Waals surface area contributed by atoms with Gasteiger partial charge in [-0.2, -0.15) is 0 Å². The molecular formula is C16H22N2O2. The van der Waals surface area contributed by atoms with E-state index < -0.39 is 6.04 Å². The molecule has 1 unspecified atom stereocenters. The number of nitrogens with zero attached hydrogens (tertiary/aromatic N) is 1. The zero-order valence-electron chi connectivity index (χ0n) is 12.2. The predicted molar refractivity (Wildman–Crippen MR) is 79.5 cm³/mol. The Balaban J connectivity index is 2.00. The number of carbonyl (C=O) groups excluding carboxylic acids is 2. The molecule has 1 aromatic carbocycles. The summed E-state index contributed by atoms with van der Waals surface area (Å²) in [5, 5.41) is 3.17. The zero-order valence-corrected chi connectivity index (χ0v) is 12.2. The molecule has 1 atom stereocenters. The third kappa shape index (κ3) is 3.18. The Kier molecular flexibility index (Phi) is 4.77. The fourth-order valence-corrected chi connectivity index (χ4v) is 2.51. The molecule has 1 aliphatic heterocycles. The molecule has 0 bridgehead atoms. The summed E-state index contributed by atoms with van der Waals surface area (Å²) in [5.41, 5.74) is 2.19. The maximum Gasteiger partial charge on any atom is 0.252 e. The number of likely N-dealkylation sites (tertiary alicyclic amines) is 1. The SMILES string of the molecule is CCCc1ccc(NC2CC(=O)N(CCC)C2=O)cc1. The van der Waals surface area contributed by atoms with Crippen molar-refractivity contribution in [1.82, 2.24) is 4.90 Å². The van der Waals surface area contributed by atoms with Crippen LogP contribution in [0.4, 0.5) is 5.69 Å². The number of amides is 2. The topological polar surface area (TPSA) is 49.4 Å². The van der Waals surface area contributed by atoms with Crippen molar-refractivity contribution in [3.63, 3.8) is 0 Å². The van der Waals surface area contributed by atoms with Gasteiger partial charge in [-0.25, -0.2) is 0 Å². The Morgan fingerprint density at radius 2 is 1.85 bits per heavy atom. The molecule has 1 saturated heterocycles. The van der Waals surface area contributed by atoms with Gasteiger partial charge in [0.15, 0.2) is 0 Å². The first-order valence-corrected chi connectivity index (χ1v) is 7.35. The number of carbonyl (C=O) groups is 2. The second kappa shape index (κ2) is 6.55. The van der Waals surface area contributed by atoms with E-state index >= 15 is 0 Å². The van der Waals surface area contributed by atoms with Crippen LogP contribution in [-0.4, -0.2) is 29.3 Å². The summed E-state index contributed by atoms with van der Waals surface area (Å²) in [6, 6.07) is 7.68. The third-order valence-electron chi connectivity index (χ3n) is 3.52. The summed E-state index contributed by atoms with van der Waals surface area (Å²) >= 11 is 0. The Labute approximate surface area is 120 Å². The van der Waals surface area contributed by atoms with Crippen LogP contribution in [0.25, 0.3) is 0 Å². The molecule has 1 aromatic rings. The number of benzene rings is 1. The van der Waals surface area contributed by atoms with Crippen LogP contribution in [-0.2, 0) is 16.0 Å². The monoisotopic (exact) mass is 274 g/mol. The van der Waals surface area contributed by atoms with Gasteiger partial charge in [0, 0.05) is 12.2 Å². The second-order valence-electron chi connectivity index (χ2n) is 5.23. The highest BCUT2D eigenvalue weighted by molar-refractivity contribution is 6.06. The molecule has 2 rings (SSSR count). The molecule has 1 heterocycles. The molecule has 0 radical (unpaired) electrons. The van der Waals surface area contributed by atoms with E-state index in [1.54, 1.807) is 0 Å². The standard InChI is InChI=1S/C16H22N2O2/c1-3-5-12-6-8-13(9-7-12)17-14-11-15(19)18(10-4-2)16(14)20/h6-9,14,17H,3-5,10-11H2,1-2H3. The smallest absolute Gasteiger partial charge is 0.252 e. The fourth-order valence-electron chi connectivity index (χ4n) is 2.51. The molecule has 4 nitrogen and oxygen atoms in total. The average molecular weight is 274 g/mol. The van der Waals surface area contributed by atoms with Gasteiger partial charge in [-0.05, 0) is 30.5 Å². The number of aryl methyl sites for hydroxylation is 1. The second-order valence-corrected chi connectivity index (χ2v) is 5.23. The summed E-state index contributed by atoms with van der Waals surface area (Å²) in [7, 11) is 0. The van der Waals surface area contributed by atoms with Gasteiger partial charge in [0.2, 0.25) is 5.91 Å². The molecule has 0 spiro atoms. The lowest BCUT2D eigenvalue weighted by atomic mass is 10.1. The largest absolute Gasteiger partial charge is 0.373 e. The van der Waals surface area contributed by atoms with E-state index in [0.29, 0.717) is 6.54 Å². The Morgan fingerprint density at radius 1 is 1.15 bits per heavy atom. The van der Waals surface area contributed by atoms with Crippen molar-refractivity contribution in [2.45, 2.75) is 45.6 Å². The third-order valence-corrected chi connectivity index (χ3v) is 3.52. The van der Waals surface area contributed by atoms with E-state index in [-0.39, 0.29) is 18.2 Å². The van der Waals surface area contributed by atoms with Crippen LogP contribution in [0, 0.1) is 0 Å². The van der Waals surface area contributed by atoms with E-state index in [4.69, 9.17) is 0 Å². The van der Waals surface area contributed by atoms with Gasteiger partial charge < -0.3 is 5.32 Å². The molecule has 4 heteroatoms. The molecule has 0 aliphatic carbocycles. The highest BCUT2D eigenvalue weighted by atomic mass is 16.2. The lowest BCUT2D eigenvalue weighted by Gasteiger charge is -2.15. The molecule has 0 saturated carbocycles. The molecular weight excluding hydrogens is 252 g/mol. The maximum absolute atomic E-state index is 12.1. The van der Waals surface area contributed by atoms with Crippen molar-refractivity contribution in [2.24, 2.45) is 0 Å². The van der Waals surface area contributed by atoms with Gasteiger partial charge in [-0.15, -0.1) is 0 Å². The predicted octanol–water partition coefficient (Wildman–Crippen LogP) is 2.59. The van der Waals surface area contributed by atoms with Crippen molar-refractivity contribution < 1.29 is 9.59 Å². The maximum atomic E-state index is 12.1. The van der Waals surface area contributed by atoms with Gasteiger partial charge in [0.1, 0.15) is 6.04 Å². The Morgan fingerprint density at radius 3 is 2.45 bits per heavy atom. The van der Waals surface area contributed by atoms with E-state index in [0.717, 1.165) is 24.9 Å². The lowest BCUT2D eigenvalue weighted by Crippen LogP contribution is -2.35. The normalized spacial score (nSPS) is 18.7.